The van der Waals surface area contributed by atoms with E-state index in [-0.39, 0.29) is 12.3 Å². The molecule has 1 amide bonds. The lowest BCUT2D eigenvalue weighted by Gasteiger charge is -2.23. The van der Waals surface area contributed by atoms with Gasteiger partial charge in [-0.3, -0.25) is 4.79 Å². The van der Waals surface area contributed by atoms with Gasteiger partial charge in [0.15, 0.2) is 5.82 Å². The summed E-state index contributed by atoms with van der Waals surface area (Å²) in [5.74, 6) is 0.0785. The molecule has 6 heteroatoms. The van der Waals surface area contributed by atoms with E-state index in [0.717, 1.165) is 45.3 Å². The molecule has 37 heavy (non-hydrogen) atoms. The molecule has 0 fully saturated rings. The summed E-state index contributed by atoms with van der Waals surface area (Å²) in [5.41, 5.74) is 12.2. The number of amides is 1. The second kappa shape index (κ2) is 9.48. The Kier molecular flexibility index (Phi) is 5.87. The fraction of sp³-hybridized carbons (Fsp3) is 0.129. The van der Waals surface area contributed by atoms with Crippen molar-refractivity contribution in [1.29, 1.82) is 0 Å². The predicted molar refractivity (Wildman–Crippen MR) is 146 cm³/mol. The van der Waals surface area contributed by atoms with Gasteiger partial charge in [-0.25, -0.2) is 9.97 Å². The Hall–Kier alpha value is -4.55. The van der Waals surface area contributed by atoms with E-state index in [1.165, 1.54) is 0 Å². The van der Waals surface area contributed by atoms with Crippen LogP contribution in [0.15, 0.2) is 91.0 Å². The van der Waals surface area contributed by atoms with E-state index in [9.17, 15) is 9.90 Å². The number of carbonyl (C=O) groups excluding carboxylic acids is 1. The predicted octanol–water partition coefficient (Wildman–Crippen LogP) is 5.24. The third-order valence-corrected chi connectivity index (χ3v) is 6.82. The zero-order valence-corrected chi connectivity index (χ0v) is 20.2. The van der Waals surface area contributed by atoms with E-state index < -0.39 is 6.10 Å². The molecule has 1 aliphatic carbocycles. The number of anilines is 2. The van der Waals surface area contributed by atoms with Crippen molar-refractivity contribution in [2.45, 2.75) is 25.4 Å². The number of rotatable bonds is 5. The van der Waals surface area contributed by atoms with Gasteiger partial charge in [-0.05, 0) is 52.4 Å². The zero-order valence-electron chi connectivity index (χ0n) is 20.2. The number of nitrogen functional groups attached to an aromatic ring is 1. The second-order valence-corrected chi connectivity index (χ2v) is 9.39. The summed E-state index contributed by atoms with van der Waals surface area (Å²) in [6.45, 7) is 0. The summed E-state index contributed by atoms with van der Waals surface area (Å²) in [6, 6.07) is 29.1. The van der Waals surface area contributed by atoms with Gasteiger partial charge in [0, 0.05) is 11.3 Å². The summed E-state index contributed by atoms with van der Waals surface area (Å²) in [6.07, 6.45) is 0.599. The second-order valence-electron chi connectivity index (χ2n) is 9.39. The van der Waals surface area contributed by atoms with Gasteiger partial charge in [0.2, 0.25) is 5.91 Å². The number of nitrogens with two attached hydrogens (primary N) is 1. The minimum Gasteiger partial charge on any atom is -0.399 e. The number of nitrogens with zero attached hydrogens (tertiary/aromatic N) is 2. The molecule has 4 N–H and O–H groups in total. The summed E-state index contributed by atoms with van der Waals surface area (Å²) in [7, 11) is 0. The molecule has 1 aromatic heterocycles. The van der Waals surface area contributed by atoms with Crippen LogP contribution in [-0.4, -0.2) is 21.0 Å². The summed E-state index contributed by atoms with van der Waals surface area (Å²) in [4.78, 5) is 22.9. The minimum atomic E-state index is -1.05. The Morgan fingerprint density at radius 2 is 1.68 bits per heavy atom. The molecule has 0 aliphatic heterocycles. The minimum absolute atomic E-state index is 0.187. The topological polar surface area (TPSA) is 101 Å². The monoisotopic (exact) mass is 486 g/mol. The van der Waals surface area contributed by atoms with Crippen LogP contribution in [0.25, 0.3) is 22.0 Å². The van der Waals surface area contributed by atoms with E-state index in [0.29, 0.717) is 29.2 Å². The highest BCUT2D eigenvalue weighted by Crippen LogP contribution is 2.36. The first-order valence-electron chi connectivity index (χ1n) is 12.4. The van der Waals surface area contributed by atoms with Crippen LogP contribution in [0.4, 0.5) is 11.5 Å². The summed E-state index contributed by atoms with van der Waals surface area (Å²) < 4.78 is 0. The maximum absolute atomic E-state index is 13.2. The highest BCUT2D eigenvalue weighted by atomic mass is 16.3. The van der Waals surface area contributed by atoms with Crippen LogP contribution in [-0.2, 0) is 24.1 Å². The maximum atomic E-state index is 13.2. The molecular weight excluding hydrogens is 460 g/mol. The van der Waals surface area contributed by atoms with Gasteiger partial charge in [-0.2, -0.15) is 0 Å². The fourth-order valence-electron chi connectivity index (χ4n) is 4.96. The standard InChI is InChI=1S/C31H26N4O2/c32-24-13-14-25-23(18-24)12-15-26-28(25)35-29(30(37)21-7-2-1-3-8-21)31(33-26)34-27(36)17-19-10-11-20-6-4-5-9-22(20)16-19/h1-11,13-14,16,18,30,37H,12,15,17,32H2,(H,33,34,36). The molecule has 1 atom stereocenters. The third kappa shape index (κ3) is 4.55. The lowest BCUT2D eigenvalue weighted by Crippen LogP contribution is -2.21. The molecule has 5 aromatic rings. The van der Waals surface area contributed by atoms with Crippen molar-refractivity contribution in [2.24, 2.45) is 0 Å². The number of aliphatic hydroxyl groups excluding tert-OH is 1. The van der Waals surface area contributed by atoms with Gasteiger partial charge < -0.3 is 16.2 Å². The Morgan fingerprint density at radius 1 is 0.892 bits per heavy atom. The van der Waals surface area contributed by atoms with Crippen LogP contribution in [0.5, 0.6) is 0 Å². The first kappa shape index (κ1) is 22.9. The summed E-state index contributed by atoms with van der Waals surface area (Å²) in [5, 5.41) is 16.5. The smallest absolute Gasteiger partial charge is 0.229 e. The molecule has 0 bridgehead atoms. The van der Waals surface area contributed by atoms with Crippen LogP contribution >= 0.6 is 0 Å². The van der Waals surface area contributed by atoms with Crippen molar-refractivity contribution < 1.29 is 9.90 Å². The van der Waals surface area contributed by atoms with Gasteiger partial charge in [0.05, 0.1) is 17.8 Å². The van der Waals surface area contributed by atoms with Crippen LogP contribution in [0, 0.1) is 0 Å². The van der Waals surface area contributed by atoms with Crippen molar-refractivity contribution in [3.8, 4) is 11.3 Å². The number of benzene rings is 4. The van der Waals surface area contributed by atoms with E-state index >= 15 is 0 Å². The first-order chi connectivity index (χ1) is 18.0. The maximum Gasteiger partial charge on any atom is 0.229 e. The highest BCUT2D eigenvalue weighted by molar-refractivity contribution is 5.93. The molecule has 6 nitrogen and oxygen atoms in total. The largest absolute Gasteiger partial charge is 0.399 e. The average molecular weight is 487 g/mol. The molecule has 4 aromatic carbocycles. The Bertz CT molecular complexity index is 1630. The number of fused-ring (bicyclic) bond motifs is 4. The van der Waals surface area contributed by atoms with Crippen molar-refractivity contribution in [3.63, 3.8) is 0 Å². The van der Waals surface area contributed by atoms with Gasteiger partial charge in [0.1, 0.15) is 11.8 Å². The number of hydrogen-bond acceptors (Lipinski definition) is 5. The molecule has 6 rings (SSSR count). The molecule has 182 valence electrons. The van der Waals surface area contributed by atoms with Crippen molar-refractivity contribution in [3.05, 3.63) is 119 Å². The number of aryl methyl sites for hydroxylation is 2. The van der Waals surface area contributed by atoms with Crippen molar-refractivity contribution in [1.82, 2.24) is 9.97 Å². The van der Waals surface area contributed by atoms with Crippen molar-refractivity contribution >= 4 is 28.2 Å². The lowest BCUT2D eigenvalue weighted by atomic mass is 9.91. The molecule has 1 unspecified atom stereocenters. The highest BCUT2D eigenvalue weighted by Gasteiger charge is 2.26. The SMILES string of the molecule is Nc1ccc2c(c1)CCc1nc(NC(=O)Cc3ccc4ccccc4c3)c(C(O)c3ccccc3)nc1-2. The third-order valence-electron chi connectivity index (χ3n) is 6.82. The van der Waals surface area contributed by atoms with E-state index in [1.807, 2.05) is 91.0 Å². The number of aliphatic hydroxyl groups is 1. The number of hydrogen-bond donors (Lipinski definition) is 3. The van der Waals surface area contributed by atoms with Crippen molar-refractivity contribution in [2.75, 3.05) is 11.1 Å². The van der Waals surface area contributed by atoms with Gasteiger partial charge in [-0.15, -0.1) is 0 Å². The normalized spacial score (nSPS) is 13.0. The van der Waals surface area contributed by atoms with E-state index in [4.69, 9.17) is 15.7 Å². The average Bonchev–Trinajstić information content (AvgIpc) is 2.92. The Morgan fingerprint density at radius 3 is 2.51 bits per heavy atom. The van der Waals surface area contributed by atoms with Gasteiger partial charge >= 0.3 is 0 Å². The van der Waals surface area contributed by atoms with Crippen LogP contribution in [0.1, 0.15) is 34.2 Å². The zero-order chi connectivity index (χ0) is 25.4. The number of carbonyl (C=O) groups is 1. The van der Waals surface area contributed by atoms with Crippen LogP contribution in [0.2, 0.25) is 0 Å². The van der Waals surface area contributed by atoms with E-state index in [2.05, 4.69) is 5.32 Å². The fourth-order valence-corrected chi connectivity index (χ4v) is 4.96. The molecule has 0 spiro atoms. The molecule has 0 saturated carbocycles. The molecule has 0 saturated heterocycles. The molecular formula is C31H26N4O2. The molecule has 1 aliphatic rings. The number of aromatic nitrogens is 2. The molecule has 0 radical (unpaired) electrons. The quantitative estimate of drug-likeness (QED) is 0.295. The Balaban J connectivity index is 1.37. The first-order valence-corrected chi connectivity index (χ1v) is 12.4. The van der Waals surface area contributed by atoms with E-state index in [1.54, 1.807) is 0 Å². The van der Waals surface area contributed by atoms with Crippen LogP contribution < -0.4 is 11.1 Å². The Labute approximate surface area is 214 Å². The van der Waals surface area contributed by atoms with Crippen LogP contribution in [0.3, 0.4) is 0 Å². The molecule has 1 heterocycles. The van der Waals surface area contributed by atoms with Gasteiger partial charge in [0.25, 0.3) is 0 Å². The number of nitrogens with one attached hydrogen (secondary N) is 1. The lowest BCUT2D eigenvalue weighted by molar-refractivity contribution is -0.115. The van der Waals surface area contributed by atoms with Gasteiger partial charge in [-0.1, -0.05) is 78.9 Å². The summed E-state index contributed by atoms with van der Waals surface area (Å²) >= 11 is 0.